The zero-order chi connectivity index (χ0) is 23.5. The Bertz CT molecular complexity index is 1120. The zero-order valence-corrected chi connectivity index (χ0v) is 19.0. The summed E-state index contributed by atoms with van der Waals surface area (Å²) in [6.45, 7) is 0.580. The highest BCUT2D eigenvalue weighted by molar-refractivity contribution is 6.37. The van der Waals surface area contributed by atoms with Crippen molar-refractivity contribution >= 4 is 40.2 Å². The first-order valence-electron chi connectivity index (χ1n) is 11.0. The summed E-state index contributed by atoms with van der Waals surface area (Å²) in [4.78, 5) is 40.8. The number of hydrogen-bond acceptors (Lipinski definition) is 5. The Balaban J connectivity index is 1.45. The molecule has 0 bridgehead atoms. The predicted molar refractivity (Wildman–Crippen MR) is 122 cm³/mol. The molecule has 0 unspecified atom stereocenters. The zero-order valence-electron chi connectivity index (χ0n) is 18.2. The summed E-state index contributed by atoms with van der Waals surface area (Å²) in [6.07, 6.45) is 3.40. The first-order chi connectivity index (χ1) is 15.9. The second-order valence-corrected chi connectivity index (χ2v) is 9.01. The van der Waals surface area contributed by atoms with E-state index in [2.05, 4.69) is 27.0 Å². The van der Waals surface area contributed by atoms with Gasteiger partial charge in [0.05, 0.1) is 18.2 Å². The van der Waals surface area contributed by atoms with Crippen molar-refractivity contribution in [2.24, 2.45) is 11.8 Å². The Morgan fingerprint density at radius 1 is 1.27 bits per heavy atom. The van der Waals surface area contributed by atoms with Gasteiger partial charge in [-0.2, -0.15) is 5.26 Å². The normalized spacial score (nSPS) is 19.4. The molecule has 10 heteroatoms. The molecule has 2 fully saturated rings. The van der Waals surface area contributed by atoms with E-state index in [1.165, 1.54) is 7.11 Å². The summed E-state index contributed by atoms with van der Waals surface area (Å²) in [5, 5.41) is 18.8. The third-order valence-electron chi connectivity index (χ3n) is 6.21. The Labute approximate surface area is 196 Å². The molecule has 1 aromatic carbocycles. The van der Waals surface area contributed by atoms with Crippen LogP contribution in [0.4, 0.5) is 0 Å². The van der Waals surface area contributed by atoms with E-state index in [4.69, 9.17) is 16.3 Å². The van der Waals surface area contributed by atoms with Crippen molar-refractivity contribution < 1.29 is 19.1 Å². The number of H-pyrrole nitrogens is 1. The van der Waals surface area contributed by atoms with Gasteiger partial charge in [0, 0.05) is 23.4 Å². The molecule has 174 valence electrons. The molecule has 1 saturated heterocycles. The van der Waals surface area contributed by atoms with Crippen LogP contribution >= 0.6 is 11.6 Å². The van der Waals surface area contributed by atoms with E-state index in [1.807, 2.05) is 0 Å². The van der Waals surface area contributed by atoms with Crippen LogP contribution in [0, 0.1) is 23.2 Å². The summed E-state index contributed by atoms with van der Waals surface area (Å²) in [6, 6.07) is 5.58. The van der Waals surface area contributed by atoms with Crippen LogP contribution in [0.3, 0.4) is 0 Å². The van der Waals surface area contributed by atoms with E-state index in [0.717, 1.165) is 12.8 Å². The quantitative estimate of drug-likeness (QED) is 0.444. The fraction of sp³-hybridized carbons (Fsp3) is 0.478. The van der Waals surface area contributed by atoms with Crippen LogP contribution in [0.2, 0.25) is 5.02 Å². The first kappa shape index (κ1) is 22.9. The predicted octanol–water partition coefficient (Wildman–Crippen LogP) is 2.26. The Kier molecular flexibility index (Phi) is 6.75. The number of carbonyl (C=O) groups excluding carboxylic acids is 3. The molecule has 1 aliphatic carbocycles. The largest absolute Gasteiger partial charge is 0.495 e. The van der Waals surface area contributed by atoms with Crippen molar-refractivity contribution in [3.8, 4) is 11.8 Å². The van der Waals surface area contributed by atoms with Gasteiger partial charge in [-0.1, -0.05) is 24.4 Å². The highest BCUT2D eigenvalue weighted by Crippen LogP contribution is 2.34. The minimum atomic E-state index is -0.802. The third kappa shape index (κ3) is 5.22. The van der Waals surface area contributed by atoms with Gasteiger partial charge >= 0.3 is 0 Å². The van der Waals surface area contributed by atoms with Crippen LogP contribution in [0.15, 0.2) is 18.2 Å². The minimum Gasteiger partial charge on any atom is -0.495 e. The molecule has 33 heavy (non-hydrogen) atoms. The maximum Gasteiger partial charge on any atom is 0.268 e. The summed E-state index contributed by atoms with van der Waals surface area (Å²) >= 11 is 6.35. The van der Waals surface area contributed by atoms with Crippen molar-refractivity contribution in [1.82, 2.24) is 20.9 Å². The number of aromatic nitrogens is 1. The molecule has 4 N–H and O–H groups in total. The molecule has 3 amide bonds. The summed E-state index contributed by atoms with van der Waals surface area (Å²) in [7, 11) is 1.52. The molecular formula is C23H26ClN5O4. The van der Waals surface area contributed by atoms with E-state index in [-0.39, 0.29) is 23.9 Å². The monoisotopic (exact) mass is 471 g/mol. The summed E-state index contributed by atoms with van der Waals surface area (Å²) in [5.74, 6) is -0.383. The van der Waals surface area contributed by atoms with Crippen LogP contribution in [0.5, 0.6) is 5.75 Å². The van der Waals surface area contributed by atoms with Gasteiger partial charge < -0.3 is 25.7 Å². The van der Waals surface area contributed by atoms with Gasteiger partial charge in [0.15, 0.2) is 0 Å². The molecule has 1 saturated carbocycles. The fourth-order valence-corrected chi connectivity index (χ4v) is 4.45. The lowest BCUT2D eigenvalue weighted by Crippen LogP contribution is -2.50. The number of halogens is 1. The van der Waals surface area contributed by atoms with E-state index < -0.39 is 23.9 Å². The number of aromatic amines is 1. The lowest BCUT2D eigenvalue weighted by molar-refractivity contribution is -0.125. The molecule has 0 spiro atoms. The van der Waals surface area contributed by atoms with Gasteiger partial charge in [0.25, 0.3) is 5.91 Å². The summed E-state index contributed by atoms with van der Waals surface area (Å²) in [5.41, 5.74) is 0.946. The molecule has 1 aliphatic heterocycles. The van der Waals surface area contributed by atoms with Crippen molar-refractivity contribution in [2.75, 3.05) is 13.7 Å². The molecule has 2 aromatic rings. The number of nitriles is 1. The third-order valence-corrected chi connectivity index (χ3v) is 6.60. The van der Waals surface area contributed by atoms with Crippen LogP contribution in [0.25, 0.3) is 10.9 Å². The average Bonchev–Trinajstić information content (AvgIpc) is 3.36. The molecule has 1 aromatic heterocycles. The SMILES string of the molecule is COc1ccc2[nH]c(C(=O)N[C@@H](CC3CC3)C(=O)N[C@H](C#N)C[C@@H]3CCNC3=O)cc2c1Cl. The van der Waals surface area contributed by atoms with Crippen molar-refractivity contribution in [3.05, 3.63) is 28.9 Å². The highest BCUT2D eigenvalue weighted by Gasteiger charge is 2.33. The average molecular weight is 472 g/mol. The maximum absolute atomic E-state index is 13.0. The fourth-order valence-electron chi connectivity index (χ4n) is 4.15. The number of nitrogens with one attached hydrogen (secondary N) is 4. The van der Waals surface area contributed by atoms with E-state index in [0.29, 0.717) is 47.0 Å². The molecule has 9 nitrogen and oxygen atoms in total. The van der Waals surface area contributed by atoms with Gasteiger partial charge in [-0.05, 0) is 43.4 Å². The van der Waals surface area contributed by atoms with Gasteiger partial charge in [-0.15, -0.1) is 0 Å². The maximum atomic E-state index is 13.0. The Hall–Kier alpha value is -3.25. The summed E-state index contributed by atoms with van der Waals surface area (Å²) < 4.78 is 5.22. The lowest BCUT2D eigenvalue weighted by atomic mass is 9.98. The second-order valence-electron chi connectivity index (χ2n) is 8.63. The molecule has 2 aliphatic rings. The van der Waals surface area contributed by atoms with Crippen LogP contribution < -0.4 is 20.7 Å². The first-order valence-corrected chi connectivity index (χ1v) is 11.4. The van der Waals surface area contributed by atoms with Gasteiger partial charge in [-0.3, -0.25) is 14.4 Å². The highest BCUT2D eigenvalue weighted by atomic mass is 35.5. The number of hydrogen-bond donors (Lipinski definition) is 4. The number of carbonyl (C=O) groups is 3. The molecule has 4 rings (SSSR count). The number of nitrogens with zero attached hydrogens (tertiary/aromatic N) is 1. The van der Waals surface area contributed by atoms with Crippen LogP contribution in [-0.4, -0.2) is 48.4 Å². The van der Waals surface area contributed by atoms with Crippen molar-refractivity contribution in [2.45, 2.75) is 44.2 Å². The molecular weight excluding hydrogens is 446 g/mol. The number of methoxy groups -OCH3 is 1. The molecule has 2 heterocycles. The van der Waals surface area contributed by atoms with Gasteiger partial charge in [-0.25, -0.2) is 0 Å². The number of amides is 3. The van der Waals surface area contributed by atoms with Crippen LogP contribution in [-0.2, 0) is 9.59 Å². The van der Waals surface area contributed by atoms with E-state index >= 15 is 0 Å². The van der Waals surface area contributed by atoms with Crippen molar-refractivity contribution in [1.29, 1.82) is 5.26 Å². The Morgan fingerprint density at radius 3 is 2.70 bits per heavy atom. The lowest BCUT2D eigenvalue weighted by Gasteiger charge is -2.21. The van der Waals surface area contributed by atoms with E-state index in [9.17, 15) is 19.6 Å². The minimum absolute atomic E-state index is 0.0959. The van der Waals surface area contributed by atoms with Crippen molar-refractivity contribution in [3.63, 3.8) is 0 Å². The van der Waals surface area contributed by atoms with E-state index in [1.54, 1.807) is 18.2 Å². The molecule has 0 radical (unpaired) electrons. The molecule has 3 atom stereocenters. The number of fused-ring (bicyclic) bond motifs is 1. The second kappa shape index (κ2) is 9.71. The van der Waals surface area contributed by atoms with Crippen LogP contribution in [0.1, 0.15) is 42.6 Å². The topological polar surface area (TPSA) is 136 Å². The smallest absolute Gasteiger partial charge is 0.268 e. The van der Waals surface area contributed by atoms with Gasteiger partial charge in [0.1, 0.15) is 23.5 Å². The number of ether oxygens (including phenoxy) is 1. The number of benzene rings is 1. The standard InChI is InChI=1S/C23H26ClN5O4/c1-33-19-5-4-16-15(20(19)24)10-18(28-16)23(32)29-17(8-12-2-3-12)22(31)27-14(11-25)9-13-6-7-26-21(13)30/h4-5,10,12-14,17,28H,2-3,6-9H2,1H3,(H,26,30)(H,27,31)(H,29,32)/t13-,14-,17-/m0/s1. The Morgan fingerprint density at radius 2 is 2.06 bits per heavy atom. The van der Waals surface area contributed by atoms with Gasteiger partial charge in [0.2, 0.25) is 11.8 Å². The number of rotatable bonds is 9.